The first-order chi connectivity index (χ1) is 10.8. The summed E-state index contributed by atoms with van der Waals surface area (Å²) in [6.45, 7) is 4.85. The first-order valence-electron chi connectivity index (χ1n) is 8.05. The fourth-order valence-corrected chi connectivity index (χ4v) is 3.08. The van der Waals surface area contributed by atoms with E-state index in [0.717, 1.165) is 39.1 Å². The highest BCUT2D eigenvalue weighted by Crippen LogP contribution is 2.16. The molecule has 0 radical (unpaired) electrons. The summed E-state index contributed by atoms with van der Waals surface area (Å²) in [5, 5.41) is 10.3. The maximum absolute atomic E-state index is 10.3. The highest BCUT2D eigenvalue weighted by atomic mass is 16.3. The number of piperazine rings is 1. The van der Waals surface area contributed by atoms with Gasteiger partial charge in [-0.1, -0.05) is 48.5 Å². The Morgan fingerprint density at radius 2 is 1.41 bits per heavy atom. The van der Waals surface area contributed by atoms with Crippen molar-refractivity contribution >= 4 is 5.69 Å². The topological polar surface area (TPSA) is 26.7 Å². The van der Waals surface area contributed by atoms with Crippen molar-refractivity contribution in [2.75, 3.05) is 37.6 Å². The van der Waals surface area contributed by atoms with E-state index in [0.29, 0.717) is 0 Å². The third kappa shape index (κ3) is 4.09. The SMILES string of the molecule is OC(Cc1ccccc1)CN1CCN(c2ccccc2)CC1. The van der Waals surface area contributed by atoms with Gasteiger partial charge in [-0.2, -0.15) is 0 Å². The number of benzene rings is 2. The predicted molar refractivity (Wildman–Crippen MR) is 91.2 cm³/mol. The lowest BCUT2D eigenvalue weighted by molar-refractivity contribution is 0.109. The molecule has 1 saturated heterocycles. The van der Waals surface area contributed by atoms with Gasteiger partial charge in [-0.15, -0.1) is 0 Å². The average molecular weight is 296 g/mol. The minimum Gasteiger partial charge on any atom is -0.391 e. The van der Waals surface area contributed by atoms with Crippen LogP contribution in [-0.4, -0.2) is 48.8 Å². The summed E-state index contributed by atoms with van der Waals surface area (Å²) in [5.41, 5.74) is 2.50. The van der Waals surface area contributed by atoms with Crippen LogP contribution in [0.5, 0.6) is 0 Å². The lowest BCUT2D eigenvalue weighted by Gasteiger charge is -2.37. The van der Waals surface area contributed by atoms with Crippen molar-refractivity contribution in [3.8, 4) is 0 Å². The first-order valence-corrected chi connectivity index (χ1v) is 8.05. The van der Waals surface area contributed by atoms with Crippen molar-refractivity contribution in [1.29, 1.82) is 0 Å². The molecule has 1 fully saturated rings. The van der Waals surface area contributed by atoms with Gasteiger partial charge in [0.25, 0.3) is 0 Å². The Bertz CT molecular complexity index is 550. The second-order valence-corrected chi connectivity index (χ2v) is 5.97. The van der Waals surface area contributed by atoms with Crippen LogP contribution in [0.1, 0.15) is 5.56 Å². The van der Waals surface area contributed by atoms with E-state index >= 15 is 0 Å². The summed E-state index contributed by atoms with van der Waals surface area (Å²) in [7, 11) is 0. The number of nitrogens with zero attached hydrogens (tertiary/aromatic N) is 2. The van der Waals surface area contributed by atoms with Crippen molar-refractivity contribution in [2.45, 2.75) is 12.5 Å². The van der Waals surface area contributed by atoms with Crippen molar-refractivity contribution < 1.29 is 5.11 Å². The standard InChI is InChI=1S/C19H24N2O/c22-19(15-17-7-3-1-4-8-17)16-20-11-13-21(14-12-20)18-9-5-2-6-10-18/h1-10,19,22H,11-16H2. The quantitative estimate of drug-likeness (QED) is 0.918. The fraction of sp³-hybridized carbons (Fsp3) is 0.368. The molecule has 116 valence electrons. The molecule has 2 aromatic carbocycles. The molecule has 0 aliphatic carbocycles. The Morgan fingerprint density at radius 3 is 2.05 bits per heavy atom. The van der Waals surface area contributed by atoms with Crippen LogP contribution in [0.15, 0.2) is 60.7 Å². The molecule has 1 heterocycles. The smallest absolute Gasteiger partial charge is 0.0707 e. The molecular weight excluding hydrogens is 272 g/mol. The molecule has 0 spiro atoms. The molecule has 1 aliphatic heterocycles. The molecule has 22 heavy (non-hydrogen) atoms. The largest absolute Gasteiger partial charge is 0.391 e. The number of β-amino-alcohol motifs (C(OH)–C–C–N with tert-alkyl or cyclic N) is 1. The third-order valence-electron chi connectivity index (χ3n) is 4.28. The van der Waals surface area contributed by atoms with Gasteiger partial charge in [0.05, 0.1) is 6.10 Å². The number of hydrogen-bond acceptors (Lipinski definition) is 3. The van der Waals surface area contributed by atoms with E-state index in [9.17, 15) is 5.11 Å². The highest BCUT2D eigenvalue weighted by Gasteiger charge is 2.19. The summed E-state index contributed by atoms with van der Waals surface area (Å²) >= 11 is 0. The van der Waals surface area contributed by atoms with Gasteiger partial charge in [-0.05, 0) is 24.1 Å². The number of hydrogen-bond donors (Lipinski definition) is 1. The van der Waals surface area contributed by atoms with Crippen LogP contribution in [0, 0.1) is 0 Å². The number of aliphatic hydroxyl groups excluding tert-OH is 1. The average Bonchev–Trinajstić information content (AvgIpc) is 2.57. The summed E-state index contributed by atoms with van der Waals surface area (Å²) in [4.78, 5) is 4.78. The van der Waals surface area contributed by atoms with Crippen molar-refractivity contribution in [2.24, 2.45) is 0 Å². The van der Waals surface area contributed by atoms with Gasteiger partial charge in [0.2, 0.25) is 0 Å². The Kier molecular flexibility index (Phi) is 5.09. The second kappa shape index (κ2) is 7.43. The fourth-order valence-electron chi connectivity index (χ4n) is 3.08. The van der Waals surface area contributed by atoms with E-state index in [1.807, 2.05) is 18.2 Å². The van der Waals surface area contributed by atoms with Crippen LogP contribution in [0.25, 0.3) is 0 Å². The molecule has 1 atom stereocenters. The molecule has 1 aliphatic rings. The monoisotopic (exact) mass is 296 g/mol. The third-order valence-corrected chi connectivity index (χ3v) is 4.28. The maximum Gasteiger partial charge on any atom is 0.0707 e. The van der Waals surface area contributed by atoms with Gasteiger partial charge in [0.1, 0.15) is 0 Å². The Balaban J connectivity index is 1.46. The number of para-hydroxylation sites is 1. The van der Waals surface area contributed by atoms with Crippen LogP contribution < -0.4 is 4.90 Å². The summed E-state index contributed by atoms with van der Waals surface area (Å²) in [6.07, 6.45) is 0.449. The van der Waals surface area contributed by atoms with E-state index in [2.05, 4.69) is 52.3 Å². The summed E-state index contributed by atoms with van der Waals surface area (Å²) in [6, 6.07) is 20.8. The van der Waals surface area contributed by atoms with E-state index in [4.69, 9.17) is 0 Å². The van der Waals surface area contributed by atoms with Crippen LogP contribution in [0.3, 0.4) is 0 Å². The van der Waals surface area contributed by atoms with E-state index < -0.39 is 0 Å². The van der Waals surface area contributed by atoms with Crippen LogP contribution in [-0.2, 0) is 6.42 Å². The molecule has 3 rings (SSSR count). The molecule has 3 nitrogen and oxygen atoms in total. The molecular formula is C19H24N2O. The molecule has 0 amide bonds. The predicted octanol–water partition coefficient (Wildman–Crippen LogP) is 2.41. The van der Waals surface area contributed by atoms with E-state index in [1.54, 1.807) is 0 Å². The lowest BCUT2D eigenvalue weighted by Crippen LogP contribution is -2.48. The lowest BCUT2D eigenvalue weighted by atomic mass is 10.1. The second-order valence-electron chi connectivity index (χ2n) is 5.97. The van der Waals surface area contributed by atoms with Crippen LogP contribution >= 0.6 is 0 Å². The minimum absolute atomic E-state index is 0.286. The van der Waals surface area contributed by atoms with Gasteiger partial charge in [-0.3, -0.25) is 4.90 Å². The minimum atomic E-state index is -0.286. The van der Waals surface area contributed by atoms with Crippen LogP contribution in [0.2, 0.25) is 0 Å². The normalized spacial score (nSPS) is 17.4. The summed E-state index contributed by atoms with van der Waals surface area (Å²) in [5.74, 6) is 0. The molecule has 0 saturated carbocycles. The van der Waals surface area contributed by atoms with Crippen LogP contribution in [0.4, 0.5) is 5.69 Å². The summed E-state index contributed by atoms with van der Waals surface area (Å²) < 4.78 is 0. The molecule has 0 aromatic heterocycles. The number of rotatable bonds is 5. The highest BCUT2D eigenvalue weighted by molar-refractivity contribution is 5.46. The zero-order valence-electron chi connectivity index (χ0n) is 12.9. The van der Waals surface area contributed by atoms with Gasteiger partial charge >= 0.3 is 0 Å². The van der Waals surface area contributed by atoms with Gasteiger partial charge < -0.3 is 10.0 Å². The molecule has 2 aromatic rings. The van der Waals surface area contributed by atoms with Gasteiger partial charge in [0.15, 0.2) is 0 Å². The van der Waals surface area contributed by atoms with Crippen molar-refractivity contribution in [3.05, 3.63) is 66.2 Å². The first kappa shape index (κ1) is 15.1. The number of aliphatic hydroxyl groups is 1. The van der Waals surface area contributed by atoms with Gasteiger partial charge in [0, 0.05) is 38.4 Å². The van der Waals surface area contributed by atoms with Crippen molar-refractivity contribution in [1.82, 2.24) is 4.90 Å². The molecule has 0 bridgehead atoms. The van der Waals surface area contributed by atoms with Gasteiger partial charge in [-0.25, -0.2) is 0 Å². The van der Waals surface area contributed by atoms with E-state index in [1.165, 1.54) is 11.3 Å². The molecule has 1 unspecified atom stereocenters. The van der Waals surface area contributed by atoms with E-state index in [-0.39, 0.29) is 6.10 Å². The maximum atomic E-state index is 10.3. The Labute approximate surface area is 132 Å². The number of anilines is 1. The molecule has 1 N–H and O–H groups in total. The Hall–Kier alpha value is -1.84. The zero-order valence-corrected chi connectivity index (χ0v) is 12.9. The Morgan fingerprint density at radius 1 is 0.818 bits per heavy atom. The molecule has 3 heteroatoms. The zero-order chi connectivity index (χ0) is 15.2. The van der Waals surface area contributed by atoms with Crippen molar-refractivity contribution in [3.63, 3.8) is 0 Å².